The highest BCUT2D eigenvalue weighted by Crippen LogP contribution is 2.32. The summed E-state index contributed by atoms with van der Waals surface area (Å²) in [5, 5.41) is 0. The second-order valence-electron chi connectivity index (χ2n) is 6.25. The highest BCUT2D eigenvalue weighted by Gasteiger charge is 2.22. The maximum absolute atomic E-state index is 14.1. The van der Waals surface area contributed by atoms with E-state index in [1.165, 1.54) is 12.1 Å². The number of unbranched alkanes of at least 4 members (excludes halogenated alkanes) is 1. The molecular weight excluding hydrogens is 310 g/mol. The molecule has 1 aliphatic rings. The summed E-state index contributed by atoms with van der Waals surface area (Å²) in [6, 6.07) is 9.45. The predicted molar refractivity (Wildman–Crippen MR) is 90.4 cm³/mol. The first-order chi connectivity index (χ1) is 11.7. The van der Waals surface area contributed by atoms with Gasteiger partial charge in [-0.3, -0.25) is 0 Å². The number of benzene rings is 2. The third kappa shape index (κ3) is 4.25. The zero-order chi connectivity index (χ0) is 16.9. The standard InChI is InChI=1S/C20H22F2O2/c1-2-3-10-23-19-8-6-15(11-17(19)21)16-7-9-20(18(22)12-16)24-13-14-4-5-14/h6-9,11-12,14H,2-5,10,13H2,1H3. The van der Waals surface area contributed by atoms with Crippen molar-refractivity contribution in [2.45, 2.75) is 32.6 Å². The first-order valence-electron chi connectivity index (χ1n) is 8.52. The molecule has 0 unspecified atom stereocenters. The molecule has 1 saturated carbocycles. The van der Waals surface area contributed by atoms with Crippen LogP contribution in [0.25, 0.3) is 11.1 Å². The van der Waals surface area contributed by atoms with Gasteiger partial charge in [0.1, 0.15) is 0 Å². The van der Waals surface area contributed by atoms with Gasteiger partial charge in [-0.2, -0.15) is 0 Å². The van der Waals surface area contributed by atoms with Crippen LogP contribution in [0.3, 0.4) is 0 Å². The van der Waals surface area contributed by atoms with Gasteiger partial charge in [-0.25, -0.2) is 8.78 Å². The lowest BCUT2D eigenvalue weighted by molar-refractivity contribution is 0.285. The Kier molecular flexibility index (Phi) is 5.34. The summed E-state index contributed by atoms with van der Waals surface area (Å²) in [5.41, 5.74) is 1.23. The van der Waals surface area contributed by atoms with Crippen LogP contribution in [0.4, 0.5) is 8.78 Å². The zero-order valence-electron chi connectivity index (χ0n) is 13.9. The maximum atomic E-state index is 14.1. The highest BCUT2D eigenvalue weighted by molar-refractivity contribution is 5.65. The summed E-state index contributed by atoms with van der Waals surface area (Å²) in [6.07, 6.45) is 4.19. The molecule has 0 N–H and O–H groups in total. The Balaban J connectivity index is 1.70. The van der Waals surface area contributed by atoms with Gasteiger partial charge in [-0.1, -0.05) is 25.5 Å². The molecule has 3 rings (SSSR count). The van der Waals surface area contributed by atoms with Gasteiger partial charge < -0.3 is 9.47 Å². The van der Waals surface area contributed by atoms with Crippen molar-refractivity contribution in [3.63, 3.8) is 0 Å². The molecule has 1 fully saturated rings. The number of ether oxygens (including phenoxy) is 2. The van der Waals surface area contributed by atoms with E-state index in [0.29, 0.717) is 30.3 Å². The molecule has 24 heavy (non-hydrogen) atoms. The number of rotatable bonds is 8. The van der Waals surface area contributed by atoms with Crippen LogP contribution in [0.1, 0.15) is 32.6 Å². The van der Waals surface area contributed by atoms with Crippen molar-refractivity contribution in [2.24, 2.45) is 5.92 Å². The Hall–Kier alpha value is -2.10. The molecule has 2 nitrogen and oxygen atoms in total. The molecule has 1 aliphatic carbocycles. The van der Waals surface area contributed by atoms with Crippen LogP contribution in [0.5, 0.6) is 11.5 Å². The molecule has 0 aliphatic heterocycles. The van der Waals surface area contributed by atoms with Crippen LogP contribution in [-0.2, 0) is 0 Å². The lowest BCUT2D eigenvalue weighted by atomic mass is 10.0. The van der Waals surface area contributed by atoms with Gasteiger partial charge in [-0.05, 0) is 60.6 Å². The number of halogens is 2. The quantitative estimate of drug-likeness (QED) is 0.586. The lowest BCUT2D eigenvalue weighted by Gasteiger charge is -2.10. The molecule has 0 radical (unpaired) electrons. The summed E-state index contributed by atoms with van der Waals surface area (Å²) in [6.45, 7) is 3.11. The molecule has 0 bridgehead atoms. The van der Waals surface area contributed by atoms with E-state index >= 15 is 0 Å². The monoisotopic (exact) mass is 332 g/mol. The van der Waals surface area contributed by atoms with Crippen LogP contribution >= 0.6 is 0 Å². The predicted octanol–water partition coefficient (Wildman–Crippen LogP) is 5.60. The van der Waals surface area contributed by atoms with Gasteiger partial charge >= 0.3 is 0 Å². The van der Waals surface area contributed by atoms with Crippen LogP contribution in [0, 0.1) is 17.6 Å². The average molecular weight is 332 g/mol. The fourth-order valence-electron chi connectivity index (χ4n) is 2.41. The Labute approximate surface area is 141 Å². The molecule has 128 valence electrons. The third-order valence-electron chi connectivity index (χ3n) is 4.12. The van der Waals surface area contributed by atoms with E-state index in [9.17, 15) is 8.78 Å². The fourth-order valence-corrected chi connectivity index (χ4v) is 2.41. The number of hydrogen-bond donors (Lipinski definition) is 0. The minimum atomic E-state index is -0.432. The van der Waals surface area contributed by atoms with Crippen molar-refractivity contribution in [1.29, 1.82) is 0 Å². The second kappa shape index (κ2) is 7.65. The SMILES string of the molecule is CCCCOc1ccc(-c2ccc(OCC3CC3)c(F)c2)cc1F. The van der Waals surface area contributed by atoms with E-state index in [0.717, 1.165) is 25.7 Å². The van der Waals surface area contributed by atoms with Crippen molar-refractivity contribution in [2.75, 3.05) is 13.2 Å². The van der Waals surface area contributed by atoms with E-state index < -0.39 is 11.6 Å². The Bertz CT molecular complexity index is 696. The molecule has 0 atom stereocenters. The van der Waals surface area contributed by atoms with Gasteiger partial charge in [0.2, 0.25) is 0 Å². The topological polar surface area (TPSA) is 18.5 Å². The van der Waals surface area contributed by atoms with E-state index in [2.05, 4.69) is 6.92 Å². The first kappa shape index (κ1) is 16.7. The van der Waals surface area contributed by atoms with E-state index in [1.807, 2.05) is 0 Å². The largest absolute Gasteiger partial charge is 0.491 e. The summed E-state index contributed by atoms with van der Waals surface area (Å²) >= 11 is 0. The van der Waals surface area contributed by atoms with E-state index in [1.54, 1.807) is 24.3 Å². The lowest BCUT2D eigenvalue weighted by Crippen LogP contribution is -2.01. The molecule has 4 heteroatoms. The Morgan fingerprint density at radius 2 is 1.50 bits per heavy atom. The summed E-state index contributed by atoms with van der Waals surface area (Å²) in [4.78, 5) is 0. The number of hydrogen-bond acceptors (Lipinski definition) is 2. The highest BCUT2D eigenvalue weighted by atomic mass is 19.1. The second-order valence-corrected chi connectivity index (χ2v) is 6.25. The van der Waals surface area contributed by atoms with Crippen LogP contribution in [-0.4, -0.2) is 13.2 Å². The smallest absolute Gasteiger partial charge is 0.165 e. The average Bonchev–Trinajstić information content (AvgIpc) is 3.39. The molecule has 0 saturated heterocycles. The summed E-state index contributed by atoms with van der Waals surface area (Å²) in [7, 11) is 0. The van der Waals surface area contributed by atoms with Crippen molar-refractivity contribution >= 4 is 0 Å². The molecule has 0 aromatic heterocycles. The molecule has 2 aromatic carbocycles. The van der Waals surface area contributed by atoms with Gasteiger partial charge in [0.25, 0.3) is 0 Å². The molecule has 0 amide bonds. The fraction of sp³-hybridized carbons (Fsp3) is 0.400. The molecule has 0 spiro atoms. The minimum Gasteiger partial charge on any atom is -0.491 e. The molecule has 0 heterocycles. The van der Waals surface area contributed by atoms with Crippen LogP contribution in [0.2, 0.25) is 0 Å². The van der Waals surface area contributed by atoms with Gasteiger partial charge in [-0.15, -0.1) is 0 Å². The summed E-state index contributed by atoms with van der Waals surface area (Å²) < 4.78 is 39.1. The van der Waals surface area contributed by atoms with Crippen molar-refractivity contribution in [1.82, 2.24) is 0 Å². The van der Waals surface area contributed by atoms with Crippen LogP contribution in [0.15, 0.2) is 36.4 Å². The van der Waals surface area contributed by atoms with Gasteiger partial charge in [0.15, 0.2) is 23.1 Å². The molecule has 2 aromatic rings. The van der Waals surface area contributed by atoms with E-state index in [4.69, 9.17) is 9.47 Å². The summed E-state index contributed by atoms with van der Waals surface area (Å²) in [5.74, 6) is 0.205. The van der Waals surface area contributed by atoms with Crippen molar-refractivity contribution in [3.05, 3.63) is 48.0 Å². The van der Waals surface area contributed by atoms with Gasteiger partial charge in [0, 0.05) is 0 Å². The Morgan fingerprint density at radius 1 is 0.917 bits per heavy atom. The minimum absolute atomic E-state index is 0.233. The van der Waals surface area contributed by atoms with Crippen molar-refractivity contribution < 1.29 is 18.3 Å². The third-order valence-corrected chi connectivity index (χ3v) is 4.12. The maximum Gasteiger partial charge on any atom is 0.165 e. The van der Waals surface area contributed by atoms with E-state index in [-0.39, 0.29) is 11.5 Å². The molecular formula is C20H22F2O2. The van der Waals surface area contributed by atoms with Crippen LogP contribution < -0.4 is 9.47 Å². The normalized spacial score (nSPS) is 13.8. The first-order valence-corrected chi connectivity index (χ1v) is 8.52. The van der Waals surface area contributed by atoms with Gasteiger partial charge in [0.05, 0.1) is 13.2 Å². The van der Waals surface area contributed by atoms with Crippen molar-refractivity contribution in [3.8, 4) is 22.6 Å². The zero-order valence-corrected chi connectivity index (χ0v) is 13.9. The Morgan fingerprint density at radius 3 is 2.00 bits per heavy atom.